The number of benzene rings is 1. The van der Waals surface area contributed by atoms with E-state index in [0.29, 0.717) is 23.3 Å². The lowest BCUT2D eigenvalue weighted by Gasteiger charge is -2.38. The third-order valence-corrected chi connectivity index (χ3v) is 5.61. The molecule has 1 amide bonds. The van der Waals surface area contributed by atoms with Crippen molar-refractivity contribution in [3.05, 3.63) is 34.7 Å². The minimum atomic E-state index is -0.364. The number of thioether (sulfide) groups is 1. The first-order valence-corrected chi connectivity index (χ1v) is 9.30. The van der Waals surface area contributed by atoms with E-state index in [1.165, 1.54) is 11.8 Å². The summed E-state index contributed by atoms with van der Waals surface area (Å²) in [6.07, 6.45) is 5.22. The van der Waals surface area contributed by atoms with Crippen LogP contribution in [0.5, 0.6) is 0 Å². The number of nitrogens with zero attached hydrogens (tertiary/aromatic N) is 3. The van der Waals surface area contributed by atoms with E-state index < -0.39 is 0 Å². The van der Waals surface area contributed by atoms with Gasteiger partial charge in [0.25, 0.3) is 5.91 Å². The molecule has 1 N–H and O–H groups in total. The zero-order chi connectivity index (χ0) is 18.0. The summed E-state index contributed by atoms with van der Waals surface area (Å²) >= 11 is 1.17. The van der Waals surface area contributed by atoms with Gasteiger partial charge in [0.15, 0.2) is 11.0 Å². The SMILES string of the molecule is N#CN=C1NC(=O)/C(=C/c2ccc(N3CCC4(CC3)OCCO4)cc2)S1. The summed E-state index contributed by atoms with van der Waals surface area (Å²) in [5, 5.41) is 11.5. The van der Waals surface area contributed by atoms with Gasteiger partial charge in [0, 0.05) is 31.6 Å². The first-order valence-electron chi connectivity index (χ1n) is 8.48. The molecular formula is C18H18N4O3S. The van der Waals surface area contributed by atoms with Crippen LogP contribution in [0.4, 0.5) is 5.69 Å². The fourth-order valence-electron chi connectivity index (χ4n) is 3.35. The van der Waals surface area contributed by atoms with Crippen molar-refractivity contribution in [2.45, 2.75) is 18.6 Å². The minimum Gasteiger partial charge on any atom is -0.371 e. The van der Waals surface area contributed by atoms with E-state index in [-0.39, 0.29) is 11.7 Å². The van der Waals surface area contributed by atoms with Crippen LogP contribution in [0.2, 0.25) is 0 Å². The second-order valence-electron chi connectivity index (χ2n) is 6.27. The van der Waals surface area contributed by atoms with Crippen LogP contribution < -0.4 is 10.2 Å². The Morgan fingerprint density at radius 3 is 2.58 bits per heavy atom. The molecule has 1 aromatic carbocycles. The van der Waals surface area contributed by atoms with E-state index in [4.69, 9.17) is 14.7 Å². The molecule has 1 aromatic rings. The van der Waals surface area contributed by atoms with Crippen LogP contribution in [0.25, 0.3) is 6.08 Å². The predicted molar refractivity (Wildman–Crippen MR) is 99.3 cm³/mol. The van der Waals surface area contributed by atoms with Crippen molar-refractivity contribution in [2.75, 3.05) is 31.2 Å². The summed E-state index contributed by atoms with van der Waals surface area (Å²) in [5.74, 6) is -0.595. The van der Waals surface area contributed by atoms with Crippen molar-refractivity contribution >= 4 is 34.6 Å². The molecule has 7 nitrogen and oxygen atoms in total. The maximum Gasteiger partial charge on any atom is 0.264 e. The highest BCUT2D eigenvalue weighted by molar-refractivity contribution is 8.18. The average Bonchev–Trinajstić information content (AvgIpc) is 3.24. The maximum absolute atomic E-state index is 11.9. The normalized spacial score (nSPS) is 25.0. The van der Waals surface area contributed by atoms with Crippen molar-refractivity contribution in [3.63, 3.8) is 0 Å². The number of piperidine rings is 1. The number of carbonyl (C=O) groups is 1. The van der Waals surface area contributed by atoms with Crippen molar-refractivity contribution in [1.82, 2.24) is 5.32 Å². The lowest BCUT2D eigenvalue weighted by atomic mass is 10.0. The van der Waals surface area contributed by atoms with Gasteiger partial charge in [0.05, 0.1) is 18.1 Å². The van der Waals surface area contributed by atoms with Gasteiger partial charge in [0.1, 0.15) is 0 Å². The number of ether oxygens (including phenoxy) is 2. The van der Waals surface area contributed by atoms with Gasteiger partial charge < -0.3 is 14.4 Å². The summed E-state index contributed by atoms with van der Waals surface area (Å²) in [7, 11) is 0. The van der Waals surface area contributed by atoms with Crippen LogP contribution in [0.1, 0.15) is 18.4 Å². The van der Waals surface area contributed by atoms with Gasteiger partial charge in [-0.3, -0.25) is 10.1 Å². The molecule has 0 atom stereocenters. The molecule has 0 saturated carbocycles. The number of aliphatic imine (C=N–C) groups is 1. The molecule has 3 aliphatic heterocycles. The van der Waals surface area contributed by atoms with Crippen molar-refractivity contribution in [1.29, 1.82) is 5.26 Å². The molecule has 134 valence electrons. The van der Waals surface area contributed by atoms with Crippen LogP contribution in [0.15, 0.2) is 34.2 Å². The lowest BCUT2D eigenvalue weighted by molar-refractivity contribution is -0.169. The van der Waals surface area contributed by atoms with Crippen LogP contribution >= 0.6 is 11.8 Å². The zero-order valence-electron chi connectivity index (χ0n) is 14.1. The number of carbonyl (C=O) groups excluding carboxylic acids is 1. The molecule has 3 aliphatic rings. The van der Waals surface area contributed by atoms with E-state index in [1.807, 2.05) is 12.1 Å². The van der Waals surface area contributed by atoms with Crippen molar-refractivity contribution in [3.8, 4) is 6.19 Å². The fourth-order valence-corrected chi connectivity index (χ4v) is 4.13. The molecule has 0 radical (unpaired) electrons. The Morgan fingerprint density at radius 1 is 1.23 bits per heavy atom. The van der Waals surface area contributed by atoms with Crippen LogP contribution in [-0.2, 0) is 14.3 Å². The third-order valence-electron chi connectivity index (χ3n) is 4.70. The summed E-state index contributed by atoms with van der Waals surface area (Å²) in [6.45, 7) is 3.17. The topological polar surface area (TPSA) is 87.0 Å². The summed E-state index contributed by atoms with van der Waals surface area (Å²) in [6, 6.07) is 8.09. The van der Waals surface area contributed by atoms with Crippen molar-refractivity contribution in [2.24, 2.45) is 4.99 Å². The molecule has 0 bridgehead atoms. The average molecular weight is 370 g/mol. The Bertz CT molecular complexity index is 797. The minimum absolute atomic E-state index is 0.231. The van der Waals surface area contributed by atoms with Crippen molar-refractivity contribution < 1.29 is 14.3 Å². The number of nitriles is 1. The molecular weight excluding hydrogens is 352 g/mol. The Morgan fingerprint density at radius 2 is 1.92 bits per heavy atom. The highest BCUT2D eigenvalue weighted by Gasteiger charge is 2.39. The Balaban J connectivity index is 1.41. The number of hydrogen-bond donors (Lipinski definition) is 1. The number of amidine groups is 1. The monoisotopic (exact) mass is 370 g/mol. The summed E-state index contributed by atoms with van der Waals surface area (Å²) in [5.41, 5.74) is 2.08. The Labute approximate surface area is 155 Å². The number of rotatable bonds is 2. The predicted octanol–water partition coefficient (Wildman–Crippen LogP) is 2.07. The number of anilines is 1. The Hall–Kier alpha value is -2.34. The zero-order valence-corrected chi connectivity index (χ0v) is 14.9. The smallest absolute Gasteiger partial charge is 0.264 e. The molecule has 26 heavy (non-hydrogen) atoms. The first kappa shape index (κ1) is 17.1. The highest BCUT2D eigenvalue weighted by Crippen LogP contribution is 2.33. The molecule has 3 saturated heterocycles. The van der Waals surface area contributed by atoms with Gasteiger partial charge in [-0.25, -0.2) is 0 Å². The van der Waals surface area contributed by atoms with Crippen LogP contribution in [0, 0.1) is 11.5 Å². The van der Waals surface area contributed by atoms with E-state index in [9.17, 15) is 4.79 Å². The second-order valence-corrected chi connectivity index (χ2v) is 7.30. The number of nitrogens with one attached hydrogen (secondary N) is 1. The molecule has 8 heteroatoms. The van der Waals surface area contributed by atoms with E-state index in [2.05, 4.69) is 27.3 Å². The molecule has 1 spiro atoms. The molecule has 0 unspecified atom stereocenters. The standard InChI is InChI=1S/C18H18N4O3S/c19-12-20-17-21-16(23)15(26-17)11-13-1-3-14(4-2-13)22-7-5-18(6-8-22)24-9-10-25-18/h1-4,11H,5-10H2,(H,20,21,23)/b15-11-. The van der Waals surface area contributed by atoms with Gasteiger partial charge in [-0.2, -0.15) is 5.26 Å². The van der Waals surface area contributed by atoms with E-state index in [1.54, 1.807) is 12.3 Å². The molecule has 0 aromatic heterocycles. The van der Waals surface area contributed by atoms with Crippen LogP contribution in [0.3, 0.4) is 0 Å². The van der Waals surface area contributed by atoms with Gasteiger partial charge in [-0.15, -0.1) is 4.99 Å². The quantitative estimate of drug-likeness (QED) is 0.633. The summed E-state index contributed by atoms with van der Waals surface area (Å²) in [4.78, 5) is 18.3. The molecule has 0 aliphatic carbocycles. The second kappa shape index (κ2) is 7.11. The van der Waals surface area contributed by atoms with Crippen LogP contribution in [-0.4, -0.2) is 43.2 Å². The first-order chi connectivity index (χ1) is 12.7. The van der Waals surface area contributed by atoms with Gasteiger partial charge in [-0.1, -0.05) is 12.1 Å². The maximum atomic E-state index is 11.9. The fraction of sp³-hybridized carbons (Fsp3) is 0.389. The van der Waals surface area contributed by atoms with Gasteiger partial charge >= 0.3 is 0 Å². The van der Waals surface area contributed by atoms with Gasteiger partial charge in [-0.05, 0) is 35.5 Å². The van der Waals surface area contributed by atoms with Gasteiger partial charge in [0.2, 0.25) is 6.19 Å². The largest absolute Gasteiger partial charge is 0.371 e. The van der Waals surface area contributed by atoms with E-state index >= 15 is 0 Å². The molecule has 4 rings (SSSR count). The Kier molecular flexibility index (Phi) is 4.68. The molecule has 3 heterocycles. The van der Waals surface area contributed by atoms with E-state index in [0.717, 1.165) is 37.2 Å². The third kappa shape index (κ3) is 3.46. The summed E-state index contributed by atoms with van der Waals surface area (Å²) < 4.78 is 11.5. The lowest BCUT2D eigenvalue weighted by Crippen LogP contribution is -2.45. The molecule has 3 fully saturated rings. The number of hydrogen-bond acceptors (Lipinski definition) is 7. The number of amides is 1. The highest BCUT2D eigenvalue weighted by atomic mass is 32.2.